The van der Waals surface area contributed by atoms with Crippen LogP contribution in [0.25, 0.3) is 0 Å². The van der Waals surface area contributed by atoms with Gasteiger partial charge in [0.2, 0.25) is 0 Å². The van der Waals surface area contributed by atoms with Gasteiger partial charge in [0.05, 0.1) is 5.01 Å². The standard InChI is InChI=1S/C18H22F3N5OS/c1-22-16(27)13-5-3-4-12(10-13)6-8-24-17(23-2)25-9-7-15-26-14(11-28-15)18(19,20)21/h3-5,10-11H,6-9H2,1-2H3,(H,22,27)(H2,23,24,25). The van der Waals surface area contributed by atoms with Crippen LogP contribution >= 0.6 is 11.3 Å². The van der Waals surface area contributed by atoms with E-state index in [1.54, 1.807) is 20.2 Å². The minimum Gasteiger partial charge on any atom is -0.356 e. The lowest BCUT2D eigenvalue weighted by Crippen LogP contribution is -2.39. The summed E-state index contributed by atoms with van der Waals surface area (Å²) >= 11 is 0.992. The van der Waals surface area contributed by atoms with Gasteiger partial charge in [0, 0.05) is 44.5 Å². The number of nitrogens with zero attached hydrogens (tertiary/aromatic N) is 2. The lowest BCUT2D eigenvalue weighted by atomic mass is 10.1. The summed E-state index contributed by atoms with van der Waals surface area (Å²) in [4.78, 5) is 19.3. The highest BCUT2D eigenvalue weighted by molar-refractivity contribution is 7.09. The van der Waals surface area contributed by atoms with Gasteiger partial charge in [-0.2, -0.15) is 13.2 Å². The van der Waals surface area contributed by atoms with Crippen LogP contribution in [0.2, 0.25) is 0 Å². The first-order valence-corrected chi connectivity index (χ1v) is 9.48. The second-order valence-corrected chi connectivity index (χ2v) is 6.77. The molecule has 1 aromatic heterocycles. The Morgan fingerprint density at radius 2 is 1.93 bits per heavy atom. The van der Waals surface area contributed by atoms with Crippen molar-refractivity contribution in [1.82, 2.24) is 20.9 Å². The number of aromatic nitrogens is 1. The summed E-state index contributed by atoms with van der Waals surface area (Å²) in [5.74, 6) is 0.415. The molecule has 6 nitrogen and oxygen atoms in total. The van der Waals surface area contributed by atoms with Gasteiger partial charge in [-0.3, -0.25) is 9.79 Å². The summed E-state index contributed by atoms with van der Waals surface area (Å²) in [6.07, 6.45) is -3.35. The van der Waals surface area contributed by atoms with Crippen LogP contribution in [-0.2, 0) is 19.0 Å². The van der Waals surface area contributed by atoms with Crippen LogP contribution in [0.4, 0.5) is 13.2 Å². The topological polar surface area (TPSA) is 78.4 Å². The predicted octanol–water partition coefficient (Wildman–Crippen LogP) is 2.47. The maximum absolute atomic E-state index is 12.6. The number of amides is 1. The average Bonchev–Trinajstić information content (AvgIpc) is 3.16. The summed E-state index contributed by atoms with van der Waals surface area (Å²) < 4.78 is 37.7. The second-order valence-electron chi connectivity index (χ2n) is 5.83. The smallest absolute Gasteiger partial charge is 0.356 e. The molecule has 3 N–H and O–H groups in total. The Hall–Kier alpha value is -2.62. The maximum Gasteiger partial charge on any atom is 0.434 e. The van der Waals surface area contributed by atoms with Crippen molar-refractivity contribution in [1.29, 1.82) is 0 Å². The summed E-state index contributed by atoms with van der Waals surface area (Å²) in [7, 11) is 3.20. The Balaban J connectivity index is 1.76. The Kier molecular flexibility index (Phi) is 7.80. The number of halogens is 3. The molecule has 0 aliphatic rings. The van der Waals surface area contributed by atoms with Gasteiger partial charge in [-0.25, -0.2) is 4.98 Å². The Morgan fingerprint density at radius 1 is 1.21 bits per heavy atom. The number of carbonyl (C=O) groups excluding carboxylic acids is 1. The first kappa shape index (κ1) is 21.7. The highest BCUT2D eigenvalue weighted by Gasteiger charge is 2.33. The molecule has 1 amide bonds. The van der Waals surface area contributed by atoms with Crippen molar-refractivity contribution in [2.45, 2.75) is 19.0 Å². The molecule has 0 fully saturated rings. The van der Waals surface area contributed by atoms with Gasteiger partial charge in [-0.1, -0.05) is 12.1 Å². The highest BCUT2D eigenvalue weighted by Crippen LogP contribution is 2.29. The molecule has 1 heterocycles. The SMILES string of the molecule is CN=C(NCCc1cccc(C(=O)NC)c1)NCCc1nc(C(F)(F)F)cs1. The lowest BCUT2D eigenvalue weighted by molar-refractivity contribution is -0.140. The second kappa shape index (κ2) is 10.1. The fourth-order valence-electron chi connectivity index (χ4n) is 2.40. The molecule has 0 unspecified atom stereocenters. The van der Waals surface area contributed by atoms with E-state index in [1.165, 1.54) is 0 Å². The lowest BCUT2D eigenvalue weighted by Gasteiger charge is -2.11. The van der Waals surface area contributed by atoms with E-state index < -0.39 is 11.9 Å². The van der Waals surface area contributed by atoms with E-state index in [1.807, 2.05) is 18.2 Å². The molecule has 0 bridgehead atoms. The fraction of sp³-hybridized carbons (Fsp3) is 0.389. The number of thiazole rings is 1. The van der Waals surface area contributed by atoms with Gasteiger partial charge in [-0.05, 0) is 24.1 Å². The molecule has 2 rings (SSSR count). The Bertz CT molecular complexity index is 820. The van der Waals surface area contributed by atoms with Gasteiger partial charge >= 0.3 is 6.18 Å². The molecule has 0 radical (unpaired) electrons. The molecular formula is C18H22F3N5OS. The number of alkyl halides is 3. The molecule has 0 spiro atoms. The van der Waals surface area contributed by atoms with Crippen molar-refractivity contribution >= 4 is 23.2 Å². The first-order valence-electron chi connectivity index (χ1n) is 8.60. The number of nitrogens with one attached hydrogen (secondary N) is 3. The molecule has 152 valence electrons. The molecule has 0 aliphatic heterocycles. The van der Waals surface area contributed by atoms with E-state index in [2.05, 4.69) is 25.9 Å². The van der Waals surface area contributed by atoms with E-state index in [0.29, 0.717) is 42.5 Å². The molecule has 10 heteroatoms. The van der Waals surface area contributed by atoms with Gasteiger partial charge in [-0.15, -0.1) is 11.3 Å². The minimum absolute atomic E-state index is 0.136. The number of aliphatic imine (C=N–C) groups is 1. The van der Waals surface area contributed by atoms with Crippen LogP contribution in [0.1, 0.15) is 26.6 Å². The molecule has 0 aliphatic carbocycles. The summed E-state index contributed by atoms with van der Waals surface area (Å²) in [6, 6.07) is 7.34. The normalized spacial score (nSPS) is 12.0. The first-order chi connectivity index (χ1) is 13.3. The van der Waals surface area contributed by atoms with Crippen LogP contribution < -0.4 is 16.0 Å². The summed E-state index contributed by atoms with van der Waals surface area (Å²) in [5.41, 5.74) is 0.754. The third-order valence-electron chi connectivity index (χ3n) is 3.82. The number of rotatable bonds is 7. The van der Waals surface area contributed by atoms with Gasteiger partial charge in [0.25, 0.3) is 5.91 Å². The monoisotopic (exact) mass is 413 g/mol. The molecular weight excluding hydrogens is 391 g/mol. The Morgan fingerprint density at radius 3 is 2.54 bits per heavy atom. The van der Waals surface area contributed by atoms with Crippen LogP contribution in [0, 0.1) is 0 Å². The maximum atomic E-state index is 12.6. The van der Waals surface area contributed by atoms with Crippen LogP contribution in [0.15, 0.2) is 34.6 Å². The molecule has 28 heavy (non-hydrogen) atoms. The van der Waals surface area contributed by atoms with E-state index >= 15 is 0 Å². The number of benzene rings is 1. The predicted molar refractivity (Wildman–Crippen MR) is 104 cm³/mol. The Labute approximate surface area is 165 Å². The fourth-order valence-corrected chi connectivity index (χ4v) is 3.21. The molecule has 1 aromatic carbocycles. The zero-order valence-corrected chi connectivity index (χ0v) is 16.4. The number of carbonyl (C=O) groups is 1. The zero-order valence-electron chi connectivity index (χ0n) is 15.6. The zero-order chi connectivity index (χ0) is 20.6. The average molecular weight is 413 g/mol. The summed E-state index contributed by atoms with van der Waals surface area (Å²) in [5, 5.41) is 10.2. The largest absolute Gasteiger partial charge is 0.434 e. The third kappa shape index (κ3) is 6.52. The minimum atomic E-state index is -4.41. The number of hydrogen-bond donors (Lipinski definition) is 3. The molecule has 2 aromatic rings. The van der Waals surface area contributed by atoms with Crippen molar-refractivity contribution < 1.29 is 18.0 Å². The molecule has 0 atom stereocenters. The summed E-state index contributed by atoms with van der Waals surface area (Å²) in [6.45, 7) is 1.00. The van der Waals surface area contributed by atoms with E-state index in [-0.39, 0.29) is 5.91 Å². The molecule has 0 saturated heterocycles. The van der Waals surface area contributed by atoms with Gasteiger partial charge in [0.1, 0.15) is 0 Å². The van der Waals surface area contributed by atoms with Crippen LogP contribution in [0.3, 0.4) is 0 Å². The van der Waals surface area contributed by atoms with Gasteiger partial charge in [0.15, 0.2) is 11.7 Å². The van der Waals surface area contributed by atoms with E-state index in [0.717, 1.165) is 22.3 Å². The van der Waals surface area contributed by atoms with Crippen molar-refractivity contribution in [3.63, 3.8) is 0 Å². The van der Waals surface area contributed by atoms with Crippen molar-refractivity contribution in [2.75, 3.05) is 27.2 Å². The van der Waals surface area contributed by atoms with Crippen molar-refractivity contribution in [3.05, 3.63) is 51.5 Å². The molecule has 0 saturated carbocycles. The van der Waals surface area contributed by atoms with Gasteiger partial charge < -0.3 is 16.0 Å². The van der Waals surface area contributed by atoms with Crippen LogP contribution in [-0.4, -0.2) is 44.0 Å². The van der Waals surface area contributed by atoms with Crippen molar-refractivity contribution in [3.8, 4) is 0 Å². The third-order valence-corrected chi connectivity index (χ3v) is 4.73. The highest BCUT2D eigenvalue weighted by atomic mass is 32.1. The van der Waals surface area contributed by atoms with E-state index in [9.17, 15) is 18.0 Å². The van der Waals surface area contributed by atoms with Crippen LogP contribution in [0.5, 0.6) is 0 Å². The number of hydrogen-bond acceptors (Lipinski definition) is 4. The van der Waals surface area contributed by atoms with Crippen molar-refractivity contribution in [2.24, 2.45) is 4.99 Å². The van der Waals surface area contributed by atoms with E-state index in [4.69, 9.17) is 0 Å². The quantitative estimate of drug-likeness (QED) is 0.481. The number of guanidine groups is 1.